The largest absolute Gasteiger partial charge is 0.379 e. The van der Waals surface area contributed by atoms with Gasteiger partial charge >= 0.3 is 0 Å². The van der Waals surface area contributed by atoms with Crippen LogP contribution in [0.2, 0.25) is 0 Å². The van der Waals surface area contributed by atoms with Gasteiger partial charge in [0.1, 0.15) is 0 Å². The molecule has 2 unspecified atom stereocenters. The van der Waals surface area contributed by atoms with Gasteiger partial charge in [-0.05, 0) is 23.6 Å². The Hall–Kier alpha value is -2.70. The highest BCUT2D eigenvalue weighted by Crippen LogP contribution is 2.29. The molecule has 2 atom stereocenters. The van der Waals surface area contributed by atoms with Crippen molar-refractivity contribution < 1.29 is 14.3 Å². The molecule has 0 bridgehead atoms. The van der Waals surface area contributed by atoms with Crippen LogP contribution in [0.3, 0.4) is 0 Å². The Morgan fingerprint density at radius 3 is 2.55 bits per heavy atom. The minimum Gasteiger partial charge on any atom is -0.379 e. The number of anilines is 1. The predicted octanol–water partition coefficient (Wildman–Crippen LogP) is 2.79. The lowest BCUT2D eigenvalue weighted by molar-refractivity contribution is -0.126. The quantitative estimate of drug-likeness (QED) is 0.747. The fourth-order valence-electron chi connectivity index (χ4n) is 4.55. The Balaban J connectivity index is 1.42. The zero-order valence-corrected chi connectivity index (χ0v) is 18.1. The molecule has 2 amide bonds. The molecule has 2 aromatic rings. The van der Waals surface area contributed by atoms with Gasteiger partial charge in [0, 0.05) is 38.3 Å². The van der Waals surface area contributed by atoms with Gasteiger partial charge in [0.2, 0.25) is 11.8 Å². The summed E-state index contributed by atoms with van der Waals surface area (Å²) in [6, 6.07) is 18.3. The van der Waals surface area contributed by atoms with E-state index in [2.05, 4.69) is 29.3 Å². The zero-order valence-electron chi connectivity index (χ0n) is 18.1. The second-order valence-corrected chi connectivity index (χ2v) is 8.21. The lowest BCUT2D eigenvalue weighted by Crippen LogP contribution is -2.45. The first kappa shape index (κ1) is 21.5. The molecular formula is C25H31N3O3. The number of hydrogen-bond donors (Lipinski definition) is 1. The third-order valence-electron chi connectivity index (χ3n) is 6.30. The highest BCUT2D eigenvalue weighted by Gasteiger charge is 2.36. The lowest BCUT2D eigenvalue weighted by atomic mass is 10.0. The molecule has 2 fully saturated rings. The normalized spacial score (nSPS) is 20.6. The van der Waals surface area contributed by atoms with E-state index in [1.807, 2.05) is 42.5 Å². The minimum atomic E-state index is -0.321. The van der Waals surface area contributed by atoms with Crippen molar-refractivity contribution in [1.29, 1.82) is 0 Å². The summed E-state index contributed by atoms with van der Waals surface area (Å²) in [4.78, 5) is 29.8. The molecule has 6 nitrogen and oxygen atoms in total. The van der Waals surface area contributed by atoms with Crippen molar-refractivity contribution in [3.63, 3.8) is 0 Å². The molecule has 1 N–H and O–H groups in total. The summed E-state index contributed by atoms with van der Waals surface area (Å²) in [5, 5.41) is 3.14. The van der Waals surface area contributed by atoms with E-state index in [4.69, 9.17) is 4.74 Å². The van der Waals surface area contributed by atoms with Crippen LogP contribution in [0.15, 0.2) is 54.6 Å². The van der Waals surface area contributed by atoms with Gasteiger partial charge in [-0.25, -0.2) is 0 Å². The molecule has 0 aromatic heterocycles. The van der Waals surface area contributed by atoms with E-state index in [0.717, 1.165) is 30.8 Å². The van der Waals surface area contributed by atoms with E-state index in [1.54, 1.807) is 4.90 Å². The Kier molecular flexibility index (Phi) is 6.99. The average Bonchev–Trinajstić information content (AvgIpc) is 3.22. The van der Waals surface area contributed by atoms with E-state index in [1.165, 1.54) is 5.56 Å². The van der Waals surface area contributed by atoms with Crippen LogP contribution < -0.4 is 10.2 Å². The number of benzene rings is 2. The number of amides is 2. The summed E-state index contributed by atoms with van der Waals surface area (Å²) in [5.74, 6) is -0.341. The van der Waals surface area contributed by atoms with E-state index >= 15 is 0 Å². The summed E-state index contributed by atoms with van der Waals surface area (Å²) in [6.07, 6.45) is 1.12. The Morgan fingerprint density at radius 2 is 1.81 bits per heavy atom. The molecule has 0 aliphatic carbocycles. The Bertz CT molecular complexity index is 896. The second kappa shape index (κ2) is 10.1. The molecule has 0 saturated carbocycles. The number of aryl methyl sites for hydroxylation is 1. The first-order valence-electron chi connectivity index (χ1n) is 11.2. The number of para-hydroxylation sites is 1. The van der Waals surface area contributed by atoms with Crippen LogP contribution in [-0.4, -0.2) is 56.1 Å². The van der Waals surface area contributed by atoms with Crippen LogP contribution in [0.4, 0.5) is 5.69 Å². The van der Waals surface area contributed by atoms with Gasteiger partial charge in [0.25, 0.3) is 0 Å². The van der Waals surface area contributed by atoms with Crippen molar-refractivity contribution in [3.05, 3.63) is 65.7 Å². The minimum absolute atomic E-state index is 0.0221. The maximum absolute atomic E-state index is 13.0. The molecule has 4 rings (SSSR count). The molecule has 0 spiro atoms. The molecule has 2 aliphatic rings. The number of morpholine rings is 1. The van der Waals surface area contributed by atoms with Crippen LogP contribution in [0, 0.1) is 5.92 Å². The number of carbonyl (C=O) groups excluding carboxylic acids is 2. The monoisotopic (exact) mass is 421 g/mol. The molecule has 0 radical (unpaired) electrons. The first-order chi connectivity index (χ1) is 15.2. The van der Waals surface area contributed by atoms with Gasteiger partial charge < -0.3 is 15.0 Å². The maximum atomic E-state index is 13.0. The van der Waals surface area contributed by atoms with Crippen molar-refractivity contribution in [3.8, 4) is 0 Å². The molecule has 6 heteroatoms. The first-order valence-corrected chi connectivity index (χ1v) is 11.2. The van der Waals surface area contributed by atoms with Crippen LogP contribution in [0.25, 0.3) is 0 Å². The number of nitrogens with one attached hydrogen (secondary N) is 1. The van der Waals surface area contributed by atoms with E-state index in [0.29, 0.717) is 26.3 Å². The number of ether oxygens (including phenoxy) is 1. The summed E-state index contributed by atoms with van der Waals surface area (Å²) in [7, 11) is 0. The molecule has 2 aromatic carbocycles. The molecular weight excluding hydrogens is 390 g/mol. The molecule has 31 heavy (non-hydrogen) atoms. The van der Waals surface area contributed by atoms with Crippen LogP contribution in [0.5, 0.6) is 0 Å². The van der Waals surface area contributed by atoms with Crippen molar-refractivity contribution in [2.24, 2.45) is 5.92 Å². The van der Waals surface area contributed by atoms with Gasteiger partial charge in [0.15, 0.2) is 0 Å². The summed E-state index contributed by atoms with van der Waals surface area (Å²) in [5.41, 5.74) is 3.25. The molecule has 164 valence electrons. The van der Waals surface area contributed by atoms with Gasteiger partial charge in [-0.15, -0.1) is 0 Å². The van der Waals surface area contributed by atoms with Gasteiger partial charge in [-0.2, -0.15) is 0 Å². The van der Waals surface area contributed by atoms with Crippen LogP contribution in [-0.2, 0) is 20.7 Å². The third kappa shape index (κ3) is 4.97. The third-order valence-corrected chi connectivity index (χ3v) is 6.30. The summed E-state index contributed by atoms with van der Waals surface area (Å²) in [6.45, 7) is 6.16. The van der Waals surface area contributed by atoms with E-state index < -0.39 is 0 Å². The van der Waals surface area contributed by atoms with Crippen LogP contribution >= 0.6 is 0 Å². The number of carbonyl (C=O) groups is 2. The highest BCUT2D eigenvalue weighted by atomic mass is 16.5. The van der Waals surface area contributed by atoms with Gasteiger partial charge in [-0.1, -0.05) is 55.5 Å². The predicted molar refractivity (Wildman–Crippen MR) is 121 cm³/mol. The molecule has 2 saturated heterocycles. The maximum Gasteiger partial charge on any atom is 0.227 e. The highest BCUT2D eigenvalue weighted by molar-refractivity contribution is 6.00. The SMILES string of the molecule is CCc1ccccc1N1CC(C(=O)NCC(c2ccccc2)N2CCOCC2)CC1=O. The van der Waals surface area contributed by atoms with Gasteiger partial charge in [0.05, 0.1) is 25.2 Å². The Morgan fingerprint density at radius 1 is 1.10 bits per heavy atom. The summed E-state index contributed by atoms with van der Waals surface area (Å²) < 4.78 is 5.51. The molecule has 2 aliphatic heterocycles. The fraction of sp³-hybridized carbons (Fsp3) is 0.440. The fourth-order valence-corrected chi connectivity index (χ4v) is 4.55. The summed E-state index contributed by atoms with van der Waals surface area (Å²) >= 11 is 0. The van der Waals surface area contributed by atoms with Crippen molar-refractivity contribution in [1.82, 2.24) is 10.2 Å². The number of rotatable bonds is 7. The van der Waals surface area contributed by atoms with Crippen molar-refractivity contribution >= 4 is 17.5 Å². The lowest BCUT2D eigenvalue weighted by Gasteiger charge is -2.35. The van der Waals surface area contributed by atoms with Crippen LogP contribution in [0.1, 0.15) is 30.5 Å². The number of nitrogens with zero attached hydrogens (tertiary/aromatic N) is 2. The van der Waals surface area contributed by atoms with Crippen molar-refractivity contribution in [2.75, 3.05) is 44.3 Å². The average molecular weight is 422 g/mol. The number of hydrogen-bond acceptors (Lipinski definition) is 4. The van der Waals surface area contributed by atoms with Gasteiger partial charge in [-0.3, -0.25) is 14.5 Å². The van der Waals surface area contributed by atoms with Crippen molar-refractivity contribution in [2.45, 2.75) is 25.8 Å². The smallest absolute Gasteiger partial charge is 0.227 e. The molecule has 2 heterocycles. The van der Waals surface area contributed by atoms with E-state index in [9.17, 15) is 9.59 Å². The standard InChI is InChI=1S/C25H31N3O3/c1-2-19-8-6-7-11-22(19)28-18-21(16-24(28)29)25(30)26-17-23(20-9-4-3-5-10-20)27-12-14-31-15-13-27/h3-11,21,23H,2,12-18H2,1H3,(H,26,30). The van der Waals surface area contributed by atoms with E-state index in [-0.39, 0.29) is 30.2 Å². The topological polar surface area (TPSA) is 61.9 Å². The second-order valence-electron chi connectivity index (χ2n) is 8.21. The Labute approximate surface area is 184 Å². The zero-order chi connectivity index (χ0) is 21.6.